The summed E-state index contributed by atoms with van der Waals surface area (Å²) in [6.45, 7) is 0. The number of benzene rings is 2. The van der Waals surface area contributed by atoms with Crippen molar-refractivity contribution in [2.75, 3.05) is 0 Å². The van der Waals surface area contributed by atoms with Gasteiger partial charge in [-0.1, -0.05) is 0 Å². The maximum absolute atomic E-state index is 12.6. The Kier molecular flexibility index (Phi) is 5.76. The monoisotopic (exact) mass is 520 g/mol. The number of hydrogen-bond acceptors (Lipinski definition) is 0. The summed E-state index contributed by atoms with van der Waals surface area (Å²) in [6.07, 6.45) is -8.73. The molecule has 0 atom stereocenters. The fraction of sp³-hybridized carbons (Fsp3) is 0.250. The molecule has 0 aromatic heterocycles. The first-order valence-corrected chi connectivity index (χ1v) is 14.8. The zero-order chi connectivity index (χ0) is 17.1. The number of hydrogen-bond donors (Lipinski definition) is 0. The van der Waals surface area contributed by atoms with E-state index in [0.29, 0.717) is 19.0 Å². The van der Waals surface area contributed by atoms with Gasteiger partial charge in [0.2, 0.25) is 0 Å². The van der Waals surface area contributed by atoms with E-state index in [1.165, 1.54) is 12.1 Å². The normalized spacial score (nSPS) is 12.1. The summed E-state index contributed by atoms with van der Waals surface area (Å²) in [5.41, 5.74) is -0.119. The van der Waals surface area contributed by atoms with E-state index < -0.39 is 48.1 Å². The molecule has 0 heterocycles. The van der Waals surface area contributed by atoms with Crippen LogP contribution in [0.4, 0.5) is 26.3 Å². The van der Waals surface area contributed by atoms with Crippen LogP contribution in [0.1, 0.15) is 22.3 Å². The topological polar surface area (TPSA) is 0 Å². The van der Waals surface area contributed by atoms with Gasteiger partial charge in [0.25, 0.3) is 0 Å². The van der Waals surface area contributed by atoms with Gasteiger partial charge in [0.05, 0.1) is 0 Å². The first-order chi connectivity index (χ1) is 10.7. The second-order valence-corrected chi connectivity index (χ2v) is 11.9. The van der Waals surface area contributed by atoms with Gasteiger partial charge >= 0.3 is 142 Å². The van der Waals surface area contributed by atoms with Crippen molar-refractivity contribution in [2.24, 2.45) is 0 Å². The van der Waals surface area contributed by atoms with E-state index in [1.807, 2.05) is 0 Å². The van der Waals surface area contributed by atoms with Gasteiger partial charge in [-0.25, -0.2) is 0 Å². The van der Waals surface area contributed by atoms with Crippen LogP contribution in [0.2, 0.25) is 0 Å². The third kappa shape index (κ3) is 5.51. The third-order valence-corrected chi connectivity index (χ3v) is 10.7. The van der Waals surface area contributed by atoms with Crippen LogP contribution >= 0.6 is 0 Å². The van der Waals surface area contributed by atoms with Gasteiger partial charge in [-0.05, 0) is 0 Å². The van der Waals surface area contributed by atoms with Crippen LogP contribution in [0.3, 0.4) is 0 Å². The van der Waals surface area contributed by atoms with E-state index in [4.69, 9.17) is 0 Å². The quantitative estimate of drug-likeness (QED) is 0.370. The molecule has 0 aliphatic carbocycles. The maximum atomic E-state index is 12.6. The molecule has 0 N–H and O–H groups in total. The molecule has 7 heteroatoms. The summed E-state index contributed by atoms with van der Waals surface area (Å²) in [4.78, 5) is 0. The molecule has 23 heavy (non-hydrogen) atoms. The third-order valence-electron chi connectivity index (χ3n) is 3.44. The predicted molar refractivity (Wildman–Crippen MR) is 70.3 cm³/mol. The van der Waals surface area contributed by atoms with Crippen LogP contribution < -0.4 is 0 Å². The summed E-state index contributed by atoms with van der Waals surface area (Å²) in [5.74, 6) is 0. The van der Waals surface area contributed by atoms with E-state index >= 15 is 0 Å². The van der Waals surface area contributed by atoms with Crippen LogP contribution in [0, 0.1) is 0 Å². The molecule has 0 fully saturated rings. The summed E-state index contributed by atoms with van der Waals surface area (Å²) in [5, 5.41) is 0. The Morgan fingerprint density at radius 2 is 1.04 bits per heavy atom. The molecule has 0 saturated carbocycles. The Morgan fingerprint density at radius 1 is 0.652 bits per heavy atom. The molecule has 0 aliphatic rings. The number of alkyl halides is 6. The van der Waals surface area contributed by atoms with Crippen LogP contribution in [-0.4, -0.2) is 0 Å². The fourth-order valence-electron chi connectivity index (χ4n) is 2.30. The molecule has 0 nitrogen and oxygen atoms in total. The van der Waals surface area contributed by atoms with Crippen LogP contribution in [0.25, 0.3) is 0 Å². The summed E-state index contributed by atoms with van der Waals surface area (Å²) < 4.78 is 76.9. The second kappa shape index (κ2) is 7.24. The SMILES string of the molecule is FC(F)(F)c1cccc([CH2][Hg][CH2]c2cccc(C(F)(F)F)c2)c1. The molecule has 0 spiro atoms. The Bertz CT molecular complexity index is 603. The Balaban J connectivity index is 1.98. The van der Waals surface area contributed by atoms with Gasteiger partial charge in [-0.2, -0.15) is 0 Å². The molecular formula is C16H12F6Hg. The molecule has 0 saturated heterocycles. The van der Waals surface area contributed by atoms with Gasteiger partial charge in [0, 0.05) is 0 Å². The van der Waals surface area contributed by atoms with E-state index in [1.54, 1.807) is 12.1 Å². The molecule has 2 rings (SSSR count). The van der Waals surface area contributed by atoms with Crippen molar-refractivity contribution in [3.05, 3.63) is 70.8 Å². The minimum atomic E-state index is -4.37. The van der Waals surface area contributed by atoms with Crippen molar-refractivity contribution in [3.63, 3.8) is 0 Å². The van der Waals surface area contributed by atoms with Crippen molar-refractivity contribution in [1.29, 1.82) is 0 Å². The first kappa shape index (κ1) is 18.3. The average Bonchev–Trinajstić information content (AvgIpc) is 2.46. The minimum absolute atomic E-state index is 0.597. The molecule has 2 aromatic rings. The van der Waals surface area contributed by atoms with E-state index in [0.717, 1.165) is 24.3 Å². The van der Waals surface area contributed by atoms with Gasteiger partial charge in [-0.15, -0.1) is 0 Å². The van der Waals surface area contributed by atoms with E-state index in [2.05, 4.69) is 0 Å². The predicted octanol–water partition coefficient (Wildman–Crippen LogP) is 5.51. The standard InChI is InChI=1S/2C8H6F3.Hg/c2*1-6-3-2-4-7(5-6)8(9,10)11;/h2*2-5H,1H2;. The van der Waals surface area contributed by atoms with Crippen molar-refractivity contribution >= 4 is 0 Å². The Hall–Kier alpha value is -1.04. The zero-order valence-corrected chi connectivity index (χ0v) is 17.5. The first-order valence-electron chi connectivity index (χ1n) is 6.98. The van der Waals surface area contributed by atoms with Gasteiger partial charge in [0.15, 0.2) is 0 Å². The van der Waals surface area contributed by atoms with Gasteiger partial charge in [-0.3, -0.25) is 0 Å². The van der Waals surface area contributed by atoms with Crippen molar-refractivity contribution in [2.45, 2.75) is 20.2 Å². The molecule has 120 valence electrons. The van der Waals surface area contributed by atoms with Crippen LogP contribution in [-0.2, 0) is 44.8 Å². The zero-order valence-electron chi connectivity index (χ0n) is 12.0. The number of halogens is 6. The molecule has 0 bridgehead atoms. The number of rotatable bonds is 4. The summed E-state index contributed by atoms with van der Waals surface area (Å²) >= 11 is -1.63. The van der Waals surface area contributed by atoms with E-state index in [9.17, 15) is 26.3 Å². The average molecular weight is 519 g/mol. The second-order valence-electron chi connectivity index (χ2n) is 5.25. The molecule has 0 aliphatic heterocycles. The Labute approximate surface area is 141 Å². The van der Waals surface area contributed by atoms with Gasteiger partial charge in [0.1, 0.15) is 0 Å². The van der Waals surface area contributed by atoms with E-state index in [-0.39, 0.29) is 0 Å². The fourth-order valence-corrected chi connectivity index (χ4v) is 8.58. The van der Waals surface area contributed by atoms with Crippen LogP contribution in [0.5, 0.6) is 0 Å². The van der Waals surface area contributed by atoms with Crippen molar-refractivity contribution in [1.82, 2.24) is 0 Å². The summed E-state index contributed by atoms with van der Waals surface area (Å²) in [7, 11) is 0. The van der Waals surface area contributed by atoms with Crippen molar-refractivity contribution < 1.29 is 50.9 Å². The Morgan fingerprint density at radius 3 is 1.39 bits per heavy atom. The summed E-state index contributed by atoms with van der Waals surface area (Å²) in [6, 6.07) is 10.3. The molecule has 0 unspecified atom stereocenters. The molecule has 2 aromatic carbocycles. The van der Waals surface area contributed by atoms with Gasteiger partial charge < -0.3 is 0 Å². The van der Waals surface area contributed by atoms with Crippen LogP contribution in [0.15, 0.2) is 48.5 Å². The van der Waals surface area contributed by atoms with Crippen molar-refractivity contribution in [3.8, 4) is 0 Å². The molecule has 0 radical (unpaired) electrons. The molecule has 0 amide bonds. The molecular weight excluding hydrogens is 507 g/mol.